The molecule has 0 saturated carbocycles. The van der Waals surface area contributed by atoms with Gasteiger partial charge in [-0.05, 0) is 75.1 Å². The fraction of sp³-hybridized carbons (Fsp3) is 0.194. The number of benzene rings is 3. The van der Waals surface area contributed by atoms with Crippen LogP contribution in [0.2, 0.25) is 0 Å². The number of ether oxygens (including phenoxy) is 3. The molecule has 0 saturated heterocycles. The standard InChI is InChI=1S/C31H29F2N5O4/c1-37(2)16-14-19-18-38(22-8-5-20(32)6-9-22)36-28(19)31(39)35-21-7-11-26(24(33)17-21)42-25-13-15-34-29-23(25)10-12-27(40-3)30(29)41-4/h5-13,15,17-18H,14,16H2,1-4H3,(H,35,39). The number of aromatic nitrogens is 3. The zero-order valence-corrected chi connectivity index (χ0v) is 23.5. The first-order valence-electron chi connectivity index (χ1n) is 13.0. The van der Waals surface area contributed by atoms with Gasteiger partial charge in [-0.15, -0.1) is 0 Å². The summed E-state index contributed by atoms with van der Waals surface area (Å²) >= 11 is 0. The lowest BCUT2D eigenvalue weighted by atomic mass is 10.1. The summed E-state index contributed by atoms with van der Waals surface area (Å²) in [5, 5.41) is 7.79. The average molecular weight is 574 g/mol. The number of carbonyl (C=O) groups excluding carboxylic acids is 1. The molecule has 0 unspecified atom stereocenters. The second-order valence-electron chi connectivity index (χ2n) is 9.68. The number of hydrogen-bond acceptors (Lipinski definition) is 7. The van der Waals surface area contributed by atoms with Gasteiger partial charge in [0.15, 0.2) is 28.8 Å². The highest BCUT2D eigenvalue weighted by atomic mass is 19.1. The average Bonchev–Trinajstić information content (AvgIpc) is 3.41. The number of nitrogens with one attached hydrogen (secondary N) is 1. The van der Waals surface area contributed by atoms with Gasteiger partial charge >= 0.3 is 0 Å². The topological polar surface area (TPSA) is 90.7 Å². The molecule has 1 amide bonds. The van der Waals surface area contributed by atoms with Crippen LogP contribution in [0.4, 0.5) is 14.5 Å². The van der Waals surface area contributed by atoms with Gasteiger partial charge in [0, 0.05) is 41.6 Å². The molecular weight excluding hydrogens is 544 g/mol. The van der Waals surface area contributed by atoms with Crippen molar-refractivity contribution in [3.05, 3.63) is 95.9 Å². The van der Waals surface area contributed by atoms with Crippen LogP contribution in [-0.2, 0) is 6.42 Å². The van der Waals surface area contributed by atoms with Crippen LogP contribution in [0.3, 0.4) is 0 Å². The number of halogens is 2. The maximum absolute atomic E-state index is 15.2. The van der Waals surface area contributed by atoms with Crippen molar-refractivity contribution in [1.29, 1.82) is 0 Å². The summed E-state index contributed by atoms with van der Waals surface area (Å²) in [6, 6.07) is 15.0. The lowest BCUT2D eigenvalue weighted by molar-refractivity contribution is 0.102. The predicted octanol–water partition coefficient (Wildman–Crippen LogP) is 5.86. The van der Waals surface area contributed by atoms with Gasteiger partial charge in [0.1, 0.15) is 17.1 Å². The highest BCUT2D eigenvalue weighted by Gasteiger charge is 2.20. The minimum absolute atomic E-state index is 0.0393. The molecular formula is C31H29F2N5O4. The SMILES string of the molecule is COc1ccc2c(Oc3ccc(NC(=O)c4nn(-c5ccc(F)cc5)cc4CCN(C)C)cc3F)ccnc2c1OC. The van der Waals surface area contributed by atoms with Crippen molar-refractivity contribution in [2.24, 2.45) is 0 Å². The molecule has 1 N–H and O–H groups in total. The van der Waals surface area contributed by atoms with Crippen LogP contribution in [0.5, 0.6) is 23.0 Å². The van der Waals surface area contributed by atoms with E-state index in [1.807, 2.05) is 19.0 Å². The Kier molecular flexibility index (Phi) is 8.30. The Morgan fingerprint density at radius 3 is 2.40 bits per heavy atom. The van der Waals surface area contributed by atoms with Gasteiger partial charge in [0.2, 0.25) is 0 Å². The normalized spacial score (nSPS) is 11.1. The molecule has 42 heavy (non-hydrogen) atoms. The quantitative estimate of drug-likeness (QED) is 0.224. The first kappa shape index (κ1) is 28.5. The van der Waals surface area contributed by atoms with Crippen LogP contribution >= 0.6 is 0 Å². The Hall–Kier alpha value is -5.03. The Morgan fingerprint density at radius 1 is 0.952 bits per heavy atom. The summed E-state index contributed by atoms with van der Waals surface area (Å²) in [5.74, 6) is -0.278. The van der Waals surface area contributed by atoms with E-state index >= 15 is 4.39 Å². The third-order valence-electron chi connectivity index (χ3n) is 6.55. The number of fused-ring (bicyclic) bond motifs is 1. The summed E-state index contributed by atoms with van der Waals surface area (Å²) in [4.78, 5) is 19.6. The molecule has 11 heteroatoms. The molecule has 0 aliphatic heterocycles. The maximum Gasteiger partial charge on any atom is 0.276 e. The third kappa shape index (κ3) is 6.01. The van der Waals surface area contributed by atoms with Crippen LogP contribution in [-0.4, -0.2) is 60.4 Å². The number of anilines is 1. The molecule has 0 fully saturated rings. The summed E-state index contributed by atoms with van der Waals surface area (Å²) in [6.07, 6.45) is 3.83. The molecule has 2 aromatic heterocycles. The molecule has 0 aliphatic carbocycles. The van der Waals surface area contributed by atoms with Crippen molar-refractivity contribution < 1.29 is 27.8 Å². The Morgan fingerprint density at radius 2 is 1.71 bits per heavy atom. The van der Waals surface area contributed by atoms with Crippen molar-refractivity contribution in [1.82, 2.24) is 19.7 Å². The van der Waals surface area contributed by atoms with E-state index in [9.17, 15) is 9.18 Å². The molecule has 5 aromatic rings. The van der Waals surface area contributed by atoms with E-state index in [0.29, 0.717) is 52.4 Å². The van der Waals surface area contributed by atoms with Crippen LogP contribution in [0, 0.1) is 11.6 Å². The van der Waals surface area contributed by atoms with Crippen molar-refractivity contribution in [2.45, 2.75) is 6.42 Å². The molecule has 0 aliphatic rings. The number of likely N-dealkylation sites (N-methyl/N-ethyl adjacent to an activating group) is 1. The first-order valence-corrected chi connectivity index (χ1v) is 13.0. The van der Waals surface area contributed by atoms with E-state index in [-0.39, 0.29) is 22.9 Å². The number of methoxy groups -OCH3 is 2. The van der Waals surface area contributed by atoms with Gasteiger partial charge in [-0.1, -0.05) is 0 Å². The van der Waals surface area contributed by atoms with Gasteiger partial charge in [-0.25, -0.2) is 13.5 Å². The minimum atomic E-state index is -0.678. The highest BCUT2D eigenvalue weighted by Crippen LogP contribution is 2.39. The monoisotopic (exact) mass is 573 g/mol. The van der Waals surface area contributed by atoms with Gasteiger partial charge in [0.25, 0.3) is 5.91 Å². The van der Waals surface area contributed by atoms with Crippen molar-refractivity contribution in [3.8, 4) is 28.7 Å². The van der Waals surface area contributed by atoms with E-state index < -0.39 is 11.7 Å². The Balaban J connectivity index is 1.38. The Labute approximate surface area is 241 Å². The number of hydrogen-bond donors (Lipinski definition) is 1. The fourth-order valence-corrected chi connectivity index (χ4v) is 4.42. The van der Waals surface area contributed by atoms with Gasteiger partial charge < -0.3 is 24.4 Å². The number of amides is 1. The molecule has 0 atom stereocenters. The molecule has 216 valence electrons. The molecule has 5 rings (SSSR count). The molecule has 0 spiro atoms. The largest absolute Gasteiger partial charge is 0.493 e. The molecule has 9 nitrogen and oxygen atoms in total. The smallest absolute Gasteiger partial charge is 0.276 e. The molecule has 3 aromatic carbocycles. The fourth-order valence-electron chi connectivity index (χ4n) is 4.42. The molecule has 0 radical (unpaired) electrons. The number of rotatable bonds is 10. The second-order valence-corrected chi connectivity index (χ2v) is 9.68. The minimum Gasteiger partial charge on any atom is -0.493 e. The molecule has 0 bridgehead atoms. The van der Waals surface area contributed by atoms with Gasteiger partial charge in [0.05, 0.1) is 19.9 Å². The van der Waals surface area contributed by atoms with E-state index in [2.05, 4.69) is 15.4 Å². The highest BCUT2D eigenvalue weighted by molar-refractivity contribution is 6.04. The van der Waals surface area contributed by atoms with E-state index in [1.165, 1.54) is 49.4 Å². The summed E-state index contributed by atoms with van der Waals surface area (Å²) in [5.41, 5.74) is 2.22. The summed E-state index contributed by atoms with van der Waals surface area (Å²) in [7, 11) is 6.90. The van der Waals surface area contributed by atoms with E-state index in [0.717, 1.165) is 0 Å². The van der Waals surface area contributed by atoms with Crippen LogP contribution < -0.4 is 19.5 Å². The lowest BCUT2D eigenvalue weighted by Gasteiger charge is -2.14. The van der Waals surface area contributed by atoms with E-state index in [4.69, 9.17) is 14.2 Å². The third-order valence-corrected chi connectivity index (χ3v) is 6.55. The van der Waals surface area contributed by atoms with E-state index in [1.54, 1.807) is 42.6 Å². The van der Waals surface area contributed by atoms with Gasteiger partial charge in [-0.3, -0.25) is 9.78 Å². The zero-order chi connectivity index (χ0) is 29.8. The maximum atomic E-state index is 15.2. The summed E-state index contributed by atoms with van der Waals surface area (Å²) < 4.78 is 46.9. The lowest BCUT2D eigenvalue weighted by Crippen LogP contribution is -2.18. The number of pyridine rings is 1. The number of nitrogens with zero attached hydrogens (tertiary/aromatic N) is 4. The van der Waals surface area contributed by atoms with Gasteiger partial charge in [-0.2, -0.15) is 5.10 Å². The number of carbonyl (C=O) groups is 1. The van der Waals surface area contributed by atoms with Crippen molar-refractivity contribution in [3.63, 3.8) is 0 Å². The molecule has 2 heterocycles. The summed E-state index contributed by atoms with van der Waals surface area (Å²) in [6.45, 7) is 0.679. The Bertz CT molecular complexity index is 1740. The van der Waals surface area contributed by atoms with Crippen molar-refractivity contribution >= 4 is 22.5 Å². The van der Waals surface area contributed by atoms with Crippen LogP contribution in [0.15, 0.2) is 73.1 Å². The second kappa shape index (κ2) is 12.2. The first-order chi connectivity index (χ1) is 20.3. The van der Waals surface area contributed by atoms with Crippen LogP contribution in [0.1, 0.15) is 16.1 Å². The van der Waals surface area contributed by atoms with Crippen molar-refractivity contribution in [2.75, 3.05) is 40.2 Å². The zero-order valence-electron chi connectivity index (χ0n) is 23.5. The predicted molar refractivity (Wildman–Crippen MR) is 155 cm³/mol. The van der Waals surface area contributed by atoms with Crippen LogP contribution in [0.25, 0.3) is 16.6 Å².